The van der Waals surface area contributed by atoms with Gasteiger partial charge in [0, 0.05) is 46.0 Å². The molecular formula is C38H60Cl2N4O10. The minimum Gasteiger partial charge on any atom is -0.392 e. The highest BCUT2D eigenvalue weighted by atomic mass is 35.5. The Kier molecular flexibility index (Phi) is 26.1. The second-order valence-corrected chi connectivity index (χ2v) is 13.3. The van der Waals surface area contributed by atoms with Crippen LogP contribution in [0.5, 0.6) is 0 Å². The topological polar surface area (TPSA) is 150 Å². The average molecular weight is 804 g/mol. The first kappa shape index (κ1) is 47.6. The van der Waals surface area contributed by atoms with Crippen molar-refractivity contribution >= 4 is 35.1 Å². The van der Waals surface area contributed by atoms with Crippen molar-refractivity contribution in [1.82, 2.24) is 20.4 Å². The molecule has 0 aliphatic carbocycles. The van der Waals surface area contributed by atoms with Gasteiger partial charge in [0.15, 0.2) is 0 Å². The molecule has 1 aromatic carbocycles. The Morgan fingerprint density at radius 3 is 2.00 bits per heavy atom. The highest BCUT2D eigenvalue weighted by molar-refractivity contribution is 6.42. The van der Waals surface area contributed by atoms with E-state index in [1.807, 2.05) is 6.08 Å². The van der Waals surface area contributed by atoms with E-state index in [-0.39, 0.29) is 30.5 Å². The number of hydrogen-bond donors (Lipinski definition) is 3. The summed E-state index contributed by atoms with van der Waals surface area (Å²) in [5.74, 6) is -0.105. The summed E-state index contributed by atoms with van der Waals surface area (Å²) in [6, 6.07) is 4.46. The zero-order valence-electron chi connectivity index (χ0n) is 32.0. The quantitative estimate of drug-likeness (QED) is 0.0776. The van der Waals surface area contributed by atoms with Gasteiger partial charge in [0.1, 0.15) is 0 Å². The number of carbonyl (C=O) groups is 2. The molecule has 1 aliphatic heterocycles. The molecule has 0 saturated carbocycles. The van der Waals surface area contributed by atoms with E-state index in [2.05, 4.69) is 22.1 Å². The average Bonchev–Trinajstić information content (AvgIpc) is 3.56. The van der Waals surface area contributed by atoms with Gasteiger partial charge in [-0.3, -0.25) is 9.69 Å². The number of likely N-dealkylation sites (tertiary alicyclic amines) is 1. The molecular weight excluding hydrogens is 743 g/mol. The second-order valence-electron chi connectivity index (χ2n) is 12.5. The zero-order chi connectivity index (χ0) is 39.4. The number of β-amino-alcohol motifs (C(OH)–C–C–N with tert-alkyl or cyclic N) is 1. The fourth-order valence-electron chi connectivity index (χ4n) is 5.11. The van der Waals surface area contributed by atoms with Crippen molar-refractivity contribution in [2.75, 3.05) is 126 Å². The maximum Gasteiger partial charge on any atom is 0.319 e. The van der Waals surface area contributed by atoms with E-state index in [0.29, 0.717) is 133 Å². The van der Waals surface area contributed by atoms with Crippen LogP contribution in [0.4, 0.5) is 4.79 Å². The third-order valence-electron chi connectivity index (χ3n) is 8.10. The first-order chi connectivity index (χ1) is 26.1. The number of ether oxygens (including phenoxy) is 7. The molecule has 3 N–H and O–H groups in total. The number of amides is 3. The van der Waals surface area contributed by atoms with E-state index in [1.54, 1.807) is 56.3 Å². The fraction of sp³-hybridized carbons (Fsp3) is 0.632. The van der Waals surface area contributed by atoms with Crippen LogP contribution in [0.15, 0.2) is 54.3 Å². The summed E-state index contributed by atoms with van der Waals surface area (Å²) in [5, 5.41) is 16.4. The van der Waals surface area contributed by atoms with Crippen LogP contribution in [-0.2, 0) is 44.4 Å². The predicted octanol–water partition coefficient (Wildman–Crippen LogP) is 3.49. The molecule has 0 bridgehead atoms. The molecule has 1 heterocycles. The largest absolute Gasteiger partial charge is 0.392 e. The summed E-state index contributed by atoms with van der Waals surface area (Å²) in [5.41, 5.74) is 2.09. The Labute approximate surface area is 330 Å². The number of rotatable bonds is 30. The first-order valence-electron chi connectivity index (χ1n) is 18.2. The third kappa shape index (κ3) is 22.1. The monoisotopic (exact) mass is 802 g/mol. The minimum atomic E-state index is -0.385. The van der Waals surface area contributed by atoms with E-state index in [4.69, 9.17) is 56.4 Å². The SMILES string of the molecule is C=C(/C=C\C=C(/C)NC(=O)NCCOCCOCCOCCOCCOCCOCCOC)[C@@H](CN1CC[C@@H](O)C1)N(C)C(=O)Cc1ccc(Cl)c(Cl)c1. The number of nitrogens with one attached hydrogen (secondary N) is 2. The Bertz CT molecular complexity index is 1290. The van der Waals surface area contributed by atoms with Gasteiger partial charge in [0.25, 0.3) is 0 Å². The van der Waals surface area contributed by atoms with E-state index in [0.717, 1.165) is 12.1 Å². The number of hydrogen-bond acceptors (Lipinski definition) is 11. The molecule has 0 aromatic heterocycles. The van der Waals surface area contributed by atoms with Gasteiger partial charge in [0.2, 0.25) is 5.91 Å². The number of aliphatic hydroxyl groups excluding tert-OH is 1. The Morgan fingerprint density at radius 1 is 0.926 bits per heavy atom. The molecule has 1 aromatic rings. The Hall–Kier alpha value is -2.60. The van der Waals surface area contributed by atoms with E-state index in [9.17, 15) is 14.7 Å². The summed E-state index contributed by atoms with van der Waals surface area (Å²) in [4.78, 5) is 29.4. The van der Waals surface area contributed by atoms with Crippen molar-refractivity contribution < 1.29 is 47.9 Å². The molecule has 0 unspecified atom stereocenters. The molecule has 14 nitrogen and oxygen atoms in total. The highest BCUT2D eigenvalue weighted by Crippen LogP contribution is 2.24. The molecule has 2 atom stereocenters. The summed E-state index contributed by atoms with van der Waals surface area (Å²) in [7, 11) is 3.38. The fourth-order valence-corrected chi connectivity index (χ4v) is 5.43. The maximum atomic E-state index is 13.3. The number of allylic oxidation sites excluding steroid dienone is 3. The molecule has 16 heteroatoms. The van der Waals surface area contributed by atoms with Crippen molar-refractivity contribution in [2.45, 2.75) is 31.9 Å². The normalized spacial score (nSPS) is 15.5. The lowest BCUT2D eigenvalue weighted by atomic mass is 10.0. The number of aliphatic hydroxyl groups is 1. The van der Waals surface area contributed by atoms with E-state index >= 15 is 0 Å². The summed E-state index contributed by atoms with van der Waals surface area (Å²) in [6.45, 7) is 14.4. The number of likely N-dealkylation sites (N-methyl/N-ethyl adjacent to an activating group) is 1. The van der Waals surface area contributed by atoms with Gasteiger partial charge >= 0.3 is 6.03 Å². The molecule has 0 radical (unpaired) electrons. The molecule has 3 amide bonds. The van der Waals surface area contributed by atoms with Crippen LogP contribution in [-0.4, -0.2) is 165 Å². The highest BCUT2D eigenvalue weighted by Gasteiger charge is 2.28. The van der Waals surface area contributed by atoms with E-state index in [1.165, 1.54) is 0 Å². The van der Waals surface area contributed by atoms with Crippen LogP contribution < -0.4 is 10.6 Å². The van der Waals surface area contributed by atoms with Crippen LogP contribution in [0.2, 0.25) is 10.0 Å². The number of halogens is 2. The smallest absolute Gasteiger partial charge is 0.319 e. The summed E-state index contributed by atoms with van der Waals surface area (Å²) >= 11 is 12.2. The van der Waals surface area contributed by atoms with Crippen molar-refractivity contribution in [3.05, 3.63) is 69.9 Å². The molecule has 1 fully saturated rings. The van der Waals surface area contributed by atoms with Crippen molar-refractivity contribution in [3.8, 4) is 0 Å². The van der Waals surface area contributed by atoms with Gasteiger partial charge in [0.05, 0.1) is 115 Å². The maximum absolute atomic E-state index is 13.3. The number of nitrogens with zero attached hydrogens (tertiary/aromatic N) is 2. The minimum absolute atomic E-state index is 0.105. The van der Waals surface area contributed by atoms with Gasteiger partial charge in [-0.2, -0.15) is 0 Å². The van der Waals surface area contributed by atoms with Gasteiger partial charge in [-0.05, 0) is 42.7 Å². The van der Waals surface area contributed by atoms with Gasteiger partial charge in [-0.15, -0.1) is 0 Å². The lowest BCUT2D eigenvalue weighted by Gasteiger charge is -2.32. The lowest BCUT2D eigenvalue weighted by Crippen LogP contribution is -2.45. The van der Waals surface area contributed by atoms with Crippen molar-refractivity contribution in [2.24, 2.45) is 0 Å². The number of urea groups is 1. The van der Waals surface area contributed by atoms with Gasteiger partial charge in [-0.1, -0.05) is 48.0 Å². The Balaban J connectivity index is 1.57. The van der Waals surface area contributed by atoms with Crippen molar-refractivity contribution in [3.63, 3.8) is 0 Å². The second kappa shape index (κ2) is 29.7. The van der Waals surface area contributed by atoms with Crippen LogP contribution in [0, 0.1) is 0 Å². The number of methoxy groups -OCH3 is 1. The van der Waals surface area contributed by atoms with Crippen LogP contribution in [0.3, 0.4) is 0 Å². The van der Waals surface area contributed by atoms with Gasteiger partial charge < -0.3 is 53.8 Å². The Morgan fingerprint density at radius 2 is 1.48 bits per heavy atom. The van der Waals surface area contributed by atoms with Crippen LogP contribution >= 0.6 is 23.2 Å². The van der Waals surface area contributed by atoms with E-state index < -0.39 is 0 Å². The number of carbonyl (C=O) groups excluding carboxylic acids is 2. The van der Waals surface area contributed by atoms with Gasteiger partial charge in [-0.25, -0.2) is 4.79 Å². The number of benzene rings is 1. The van der Waals surface area contributed by atoms with Crippen LogP contribution in [0.1, 0.15) is 18.9 Å². The summed E-state index contributed by atoms with van der Waals surface area (Å²) < 4.78 is 37.5. The molecule has 1 aliphatic rings. The molecule has 2 rings (SSSR count). The molecule has 0 spiro atoms. The standard InChI is InChI=1S/C38H60Cl2N4O10/c1-30(36(29-44-12-10-33(45)28-44)43(3)37(46)27-32-8-9-34(39)35(40)26-32)6-5-7-31(2)42-38(47)41-11-13-49-16-17-51-20-21-53-24-25-54-23-22-52-19-18-50-15-14-48-4/h5-9,26,33,36,45H,1,10-25,27-29H2,2-4H3,(H2,41,42,47)/b6-5-,31-7+/t33-,36-/m1/s1. The molecule has 54 heavy (non-hydrogen) atoms. The summed E-state index contributed by atoms with van der Waals surface area (Å²) in [6.07, 6.45) is 5.81. The first-order valence-corrected chi connectivity index (χ1v) is 19.0. The van der Waals surface area contributed by atoms with Crippen LogP contribution in [0.25, 0.3) is 0 Å². The lowest BCUT2D eigenvalue weighted by molar-refractivity contribution is -0.130. The third-order valence-corrected chi connectivity index (χ3v) is 8.84. The molecule has 306 valence electrons. The predicted molar refractivity (Wildman–Crippen MR) is 209 cm³/mol. The van der Waals surface area contributed by atoms with Crippen molar-refractivity contribution in [1.29, 1.82) is 0 Å². The molecule has 1 saturated heterocycles. The zero-order valence-corrected chi connectivity index (χ0v) is 33.5.